The minimum atomic E-state index is 0.717. The van der Waals surface area contributed by atoms with Crippen LogP contribution in [-0.4, -0.2) is 25.8 Å². The first-order valence-electron chi connectivity index (χ1n) is 6.60. The van der Waals surface area contributed by atoms with E-state index in [9.17, 15) is 0 Å². The summed E-state index contributed by atoms with van der Waals surface area (Å²) in [6, 6.07) is 8.72. The van der Waals surface area contributed by atoms with E-state index in [1.54, 1.807) is 4.68 Å². The highest BCUT2D eigenvalue weighted by molar-refractivity contribution is 5.75. The molecule has 5 heteroatoms. The number of nitrogens with zero attached hydrogens (tertiary/aromatic N) is 3. The smallest absolute Gasteiger partial charge is 0.229 e. The third kappa shape index (κ3) is 2.13. The Bertz CT molecular complexity index is 674. The second kappa shape index (κ2) is 4.20. The van der Waals surface area contributed by atoms with Crippen LogP contribution in [0.5, 0.6) is 0 Å². The third-order valence-electron chi connectivity index (χ3n) is 3.40. The molecule has 1 aliphatic carbocycles. The number of para-hydroxylation sites is 2. The molecule has 2 heterocycles. The summed E-state index contributed by atoms with van der Waals surface area (Å²) in [7, 11) is 0. The molecule has 0 amide bonds. The molecule has 96 valence electrons. The summed E-state index contributed by atoms with van der Waals surface area (Å²) in [4.78, 5) is 7.80. The van der Waals surface area contributed by atoms with Crippen molar-refractivity contribution in [2.45, 2.75) is 25.4 Å². The lowest BCUT2D eigenvalue weighted by Gasteiger charge is -1.97. The zero-order valence-electron chi connectivity index (χ0n) is 10.5. The summed E-state index contributed by atoms with van der Waals surface area (Å²) < 4.78 is 1.80. The van der Waals surface area contributed by atoms with Gasteiger partial charge in [-0.1, -0.05) is 12.1 Å². The van der Waals surface area contributed by atoms with Gasteiger partial charge in [0.05, 0.1) is 17.2 Å². The molecule has 4 rings (SSSR count). The average Bonchev–Trinajstić information content (AvgIpc) is 2.99. The van der Waals surface area contributed by atoms with Gasteiger partial charge in [0.2, 0.25) is 5.95 Å². The van der Waals surface area contributed by atoms with Crippen LogP contribution in [0.4, 0.5) is 0 Å². The monoisotopic (exact) mass is 253 g/mol. The van der Waals surface area contributed by atoms with Gasteiger partial charge in [-0.3, -0.25) is 0 Å². The molecule has 0 saturated heterocycles. The van der Waals surface area contributed by atoms with E-state index < -0.39 is 0 Å². The summed E-state index contributed by atoms with van der Waals surface area (Å²) in [5.41, 5.74) is 3.18. The summed E-state index contributed by atoms with van der Waals surface area (Å²) in [6.45, 7) is 0.880. The van der Waals surface area contributed by atoms with Gasteiger partial charge in [-0.15, -0.1) is 0 Å². The fourth-order valence-electron chi connectivity index (χ4n) is 2.16. The van der Waals surface area contributed by atoms with Crippen molar-refractivity contribution < 1.29 is 0 Å². The number of nitrogens with one attached hydrogen (secondary N) is 2. The number of aromatic amines is 1. The van der Waals surface area contributed by atoms with Crippen molar-refractivity contribution in [2.75, 3.05) is 0 Å². The average molecular weight is 253 g/mol. The molecule has 19 heavy (non-hydrogen) atoms. The van der Waals surface area contributed by atoms with Crippen molar-refractivity contribution in [3.05, 3.63) is 42.2 Å². The number of rotatable bonds is 4. The fourth-order valence-corrected chi connectivity index (χ4v) is 2.16. The second-order valence-electron chi connectivity index (χ2n) is 5.03. The van der Waals surface area contributed by atoms with Gasteiger partial charge in [-0.25, -0.2) is 9.67 Å². The van der Waals surface area contributed by atoms with Gasteiger partial charge in [0, 0.05) is 24.3 Å². The van der Waals surface area contributed by atoms with E-state index in [1.165, 1.54) is 18.4 Å². The molecule has 0 unspecified atom stereocenters. The molecule has 3 aromatic rings. The van der Waals surface area contributed by atoms with Gasteiger partial charge in [-0.2, -0.15) is 5.10 Å². The maximum atomic E-state index is 4.53. The van der Waals surface area contributed by atoms with Gasteiger partial charge < -0.3 is 10.3 Å². The lowest BCUT2D eigenvalue weighted by molar-refractivity contribution is 0.687. The Balaban J connectivity index is 1.60. The number of imidazole rings is 1. The van der Waals surface area contributed by atoms with E-state index >= 15 is 0 Å². The van der Waals surface area contributed by atoms with Crippen molar-refractivity contribution >= 4 is 11.0 Å². The quantitative estimate of drug-likeness (QED) is 0.747. The molecule has 2 aromatic heterocycles. The minimum Gasteiger partial charge on any atom is -0.322 e. The van der Waals surface area contributed by atoms with Crippen LogP contribution in [0.15, 0.2) is 36.7 Å². The fraction of sp³-hybridized carbons (Fsp3) is 0.286. The number of H-pyrrole nitrogens is 1. The highest BCUT2D eigenvalue weighted by atomic mass is 15.3. The molecular weight excluding hydrogens is 238 g/mol. The first-order valence-corrected chi connectivity index (χ1v) is 6.60. The molecule has 2 N–H and O–H groups in total. The van der Waals surface area contributed by atoms with E-state index in [1.807, 2.05) is 36.7 Å². The summed E-state index contributed by atoms with van der Waals surface area (Å²) in [5, 5.41) is 7.84. The molecule has 0 atom stereocenters. The van der Waals surface area contributed by atoms with Gasteiger partial charge in [0.25, 0.3) is 0 Å². The van der Waals surface area contributed by atoms with Crippen LogP contribution in [0.1, 0.15) is 18.4 Å². The SMILES string of the molecule is c1ccc2[nH]c(-n3cc(CNC4CC4)cn3)nc2c1. The van der Waals surface area contributed by atoms with Crippen LogP contribution in [0.2, 0.25) is 0 Å². The van der Waals surface area contributed by atoms with Crippen LogP contribution >= 0.6 is 0 Å². The zero-order valence-corrected chi connectivity index (χ0v) is 10.5. The van der Waals surface area contributed by atoms with E-state index in [4.69, 9.17) is 0 Å². The van der Waals surface area contributed by atoms with Gasteiger partial charge in [-0.05, 0) is 25.0 Å². The van der Waals surface area contributed by atoms with Crippen LogP contribution in [0, 0.1) is 0 Å². The van der Waals surface area contributed by atoms with Gasteiger partial charge >= 0.3 is 0 Å². The number of hydrogen-bond acceptors (Lipinski definition) is 3. The van der Waals surface area contributed by atoms with Crippen LogP contribution in [-0.2, 0) is 6.54 Å². The Labute approximate surface area is 110 Å². The molecule has 1 aromatic carbocycles. The number of benzene rings is 1. The highest BCUT2D eigenvalue weighted by Crippen LogP contribution is 2.19. The van der Waals surface area contributed by atoms with Crippen molar-refractivity contribution in [1.29, 1.82) is 0 Å². The summed E-state index contributed by atoms with van der Waals surface area (Å²) in [6.07, 6.45) is 6.52. The highest BCUT2D eigenvalue weighted by Gasteiger charge is 2.20. The van der Waals surface area contributed by atoms with Crippen LogP contribution in [0.3, 0.4) is 0 Å². The molecule has 1 saturated carbocycles. The molecular formula is C14H15N5. The Morgan fingerprint density at radius 3 is 3.05 bits per heavy atom. The molecule has 0 spiro atoms. The maximum Gasteiger partial charge on any atom is 0.229 e. The van der Waals surface area contributed by atoms with Crippen molar-refractivity contribution in [3.63, 3.8) is 0 Å². The van der Waals surface area contributed by atoms with E-state index in [0.717, 1.165) is 29.6 Å². The lowest BCUT2D eigenvalue weighted by atomic mass is 10.3. The first kappa shape index (κ1) is 10.8. The molecule has 0 bridgehead atoms. The Hall–Kier alpha value is -2.14. The zero-order chi connectivity index (χ0) is 12.7. The normalized spacial score (nSPS) is 15.2. The number of fused-ring (bicyclic) bond motifs is 1. The largest absolute Gasteiger partial charge is 0.322 e. The van der Waals surface area contributed by atoms with Crippen LogP contribution < -0.4 is 5.32 Å². The van der Waals surface area contributed by atoms with E-state index in [2.05, 4.69) is 20.4 Å². The topological polar surface area (TPSA) is 58.5 Å². The Kier molecular flexibility index (Phi) is 2.38. The molecule has 1 aliphatic rings. The van der Waals surface area contributed by atoms with E-state index in [-0.39, 0.29) is 0 Å². The standard InChI is InChI=1S/C14H15N5/c1-2-4-13-12(3-1)17-14(18-13)19-9-10(8-16-19)7-15-11-5-6-11/h1-4,8-9,11,15H,5-7H2,(H,17,18). The third-order valence-corrected chi connectivity index (χ3v) is 3.40. The maximum absolute atomic E-state index is 4.53. The summed E-state index contributed by atoms with van der Waals surface area (Å²) >= 11 is 0. The Morgan fingerprint density at radius 2 is 2.21 bits per heavy atom. The predicted molar refractivity (Wildman–Crippen MR) is 73.1 cm³/mol. The van der Waals surface area contributed by atoms with Gasteiger partial charge in [0.15, 0.2) is 0 Å². The number of aromatic nitrogens is 4. The summed E-state index contributed by atoms with van der Waals surface area (Å²) in [5.74, 6) is 0.763. The minimum absolute atomic E-state index is 0.717. The second-order valence-corrected chi connectivity index (χ2v) is 5.03. The molecule has 5 nitrogen and oxygen atoms in total. The number of hydrogen-bond donors (Lipinski definition) is 2. The Morgan fingerprint density at radius 1 is 1.32 bits per heavy atom. The molecule has 0 aliphatic heterocycles. The van der Waals surface area contributed by atoms with Crippen molar-refractivity contribution in [1.82, 2.24) is 25.1 Å². The predicted octanol–water partition coefficient (Wildman–Crippen LogP) is 2.00. The van der Waals surface area contributed by atoms with Crippen molar-refractivity contribution in [2.24, 2.45) is 0 Å². The lowest BCUT2D eigenvalue weighted by Crippen LogP contribution is -2.14. The first-order chi connectivity index (χ1) is 9.38. The molecule has 0 radical (unpaired) electrons. The molecule has 1 fully saturated rings. The van der Waals surface area contributed by atoms with E-state index in [0.29, 0.717) is 0 Å². The van der Waals surface area contributed by atoms with Crippen LogP contribution in [0.25, 0.3) is 17.0 Å². The van der Waals surface area contributed by atoms with Crippen molar-refractivity contribution in [3.8, 4) is 5.95 Å². The van der Waals surface area contributed by atoms with Gasteiger partial charge in [0.1, 0.15) is 0 Å².